The summed E-state index contributed by atoms with van der Waals surface area (Å²) in [5.74, 6) is 0. The Labute approximate surface area is 80.2 Å². The SMILES string of the molecule is CN(C1CCOCC1)C1(CN)CC1. The van der Waals surface area contributed by atoms with Gasteiger partial charge in [-0.05, 0) is 32.7 Å². The zero-order valence-electron chi connectivity index (χ0n) is 8.46. The number of nitrogens with zero attached hydrogens (tertiary/aromatic N) is 1. The molecule has 0 atom stereocenters. The Morgan fingerprint density at radius 3 is 2.46 bits per heavy atom. The van der Waals surface area contributed by atoms with Crippen LogP contribution in [0.25, 0.3) is 0 Å². The molecule has 0 radical (unpaired) electrons. The van der Waals surface area contributed by atoms with Gasteiger partial charge in [-0.1, -0.05) is 0 Å². The molecule has 3 nitrogen and oxygen atoms in total. The van der Waals surface area contributed by atoms with E-state index in [1.165, 1.54) is 25.7 Å². The maximum absolute atomic E-state index is 5.80. The van der Waals surface area contributed by atoms with E-state index >= 15 is 0 Å². The van der Waals surface area contributed by atoms with Crippen LogP contribution in [-0.4, -0.2) is 43.3 Å². The summed E-state index contributed by atoms with van der Waals surface area (Å²) in [6.07, 6.45) is 4.94. The van der Waals surface area contributed by atoms with Crippen LogP contribution in [0.5, 0.6) is 0 Å². The van der Waals surface area contributed by atoms with Crippen LogP contribution in [0, 0.1) is 0 Å². The second-order valence-electron chi connectivity index (χ2n) is 4.38. The molecule has 76 valence electrons. The first-order valence-electron chi connectivity index (χ1n) is 5.29. The van der Waals surface area contributed by atoms with Crippen molar-refractivity contribution in [1.29, 1.82) is 0 Å². The summed E-state index contributed by atoms with van der Waals surface area (Å²) < 4.78 is 5.36. The summed E-state index contributed by atoms with van der Waals surface area (Å²) in [7, 11) is 2.23. The van der Waals surface area contributed by atoms with Crippen molar-refractivity contribution in [2.75, 3.05) is 26.8 Å². The van der Waals surface area contributed by atoms with Gasteiger partial charge in [-0.15, -0.1) is 0 Å². The highest BCUT2D eigenvalue weighted by Crippen LogP contribution is 2.42. The minimum atomic E-state index is 0.363. The van der Waals surface area contributed by atoms with Crippen molar-refractivity contribution in [1.82, 2.24) is 4.90 Å². The highest BCUT2D eigenvalue weighted by atomic mass is 16.5. The summed E-state index contributed by atoms with van der Waals surface area (Å²) in [6, 6.07) is 0.708. The minimum absolute atomic E-state index is 0.363. The van der Waals surface area contributed by atoms with Gasteiger partial charge in [-0.3, -0.25) is 4.90 Å². The monoisotopic (exact) mass is 184 g/mol. The van der Waals surface area contributed by atoms with Gasteiger partial charge in [-0.25, -0.2) is 0 Å². The molecule has 1 saturated carbocycles. The van der Waals surface area contributed by atoms with Gasteiger partial charge in [0, 0.05) is 31.3 Å². The molecule has 0 amide bonds. The molecule has 2 fully saturated rings. The van der Waals surface area contributed by atoms with Crippen molar-refractivity contribution in [2.45, 2.75) is 37.3 Å². The fraction of sp³-hybridized carbons (Fsp3) is 1.00. The van der Waals surface area contributed by atoms with E-state index in [1.807, 2.05) is 0 Å². The van der Waals surface area contributed by atoms with E-state index in [4.69, 9.17) is 10.5 Å². The molecule has 0 aromatic rings. The third-order valence-electron chi connectivity index (χ3n) is 3.69. The van der Waals surface area contributed by atoms with E-state index in [9.17, 15) is 0 Å². The molecular weight excluding hydrogens is 164 g/mol. The van der Waals surface area contributed by atoms with Crippen molar-refractivity contribution < 1.29 is 4.74 Å². The molecule has 1 heterocycles. The molecule has 1 aliphatic carbocycles. The summed E-state index contributed by atoms with van der Waals surface area (Å²) in [4.78, 5) is 2.51. The zero-order valence-corrected chi connectivity index (χ0v) is 8.46. The molecule has 2 aliphatic rings. The molecule has 13 heavy (non-hydrogen) atoms. The first-order valence-corrected chi connectivity index (χ1v) is 5.29. The Bertz CT molecular complexity index is 174. The second kappa shape index (κ2) is 3.56. The number of hydrogen-bond acceptors (Lipinski definition) is 3. The third kappa shape index (κ3) is 1.73. The van der Waals surface area contributed by atoms with Crippen LogP contribution in [0.15, 0.2) is 0 Å². The van der Waals surface area contributed by atoms with Gasteiger partial charge in [0.25, 0.3) is 0 Å². The fourth-order valence-corrected chi connectivity index (χ4v) is 2.30. The van der Waals surface area contributed by atoms with Crippen molar-refractivity contribution >= 4 is 0 Å². The number of rotatable bonds is 3. The first-order chi connectivity index (χ1) is 6.28. The highest BCUT2D eigenvalue weighted by molar-refractivity contribution is 5.05. The van der Waals surface area contributed by atoms with Gasteiger partial charge < -0.3 is 10.5 Å². The van der Waals surface area contributed by atoms with Crippen LogP contribution >= 0.6 is 0 Å². The van der Waals surface area contributed by atoms with Gasteiger partial charge in [0.1, 0.15) is 0 Å². The molecule has 1 aliphatic heterocycles. The molecule has 2 rings (SSSR count). The van der Waals surface area contributed by atoms with Crippen LogP contribution in [0.4, 0.5) is 0 Å². The lowest BCUT2D eigenvalue weighted by Crippen LogP contribution is -2.48. The predicted molar refractivity (Wildman–Crippen MR) is 52.6 cm³/mol. The number of likely N-dealkylation sites (N-methyl/N-ethyl adjacent to an activating group) is 1. The van der Waals surface area contributed by atoms with Crippen molar-refractivity contribution in [3.63, 3.8) is 0 Å². The smallest absolute Gasteiger partial charge is 0.0480 e. The van der Waals surface area contributed by atoms with E-state index in [0.29, 0.717) is 11.6 Å². The molecular formula is C10H20N2O. The topological polar surface area (TPSA) is 38.5 Å². The van der Waals surface area contributed by atoms with Crippen molar-refractivity contribution in [2.24, 2.45) is 5.73 Å². The zero-order chi connectivity index (χ0) is 9.31. The lowest BCUT2D eigenvalue weighted by molar-refractivity contribution is 0.0247. The number of nitrogens with two attached hydrogens (primary N) is 1. The lowest BCUT2D eigenvalue weighted by Gasteiger charge is -2.37. The average Bonchev–Trinajstić information content (AvgIpc) is 2.99. The van der Waals surface area contributed by atoms with Gasteiger partial charge in [0.2, 0.25) is 0 Å². The Morgan fingerprint density at radius 2 is 2.00 bits per heavy atom. The van der Waals surface area contributed by atoms with Gasteiger partial charge in [-0.2, -0.15) is 0 Å². The van der Waals surface area contributed by atoms with Crippen LogP contribution in [0.3, 0.4) is 0 Å². The quantitative estimate of drug-likeness (QED) is 0.697. The van der Waals surface area contributed by atoms with E-state index in [2.05, 4.69) is 11.9 Å². The summed E-state index contributed by atoms with van der Waals surface area (Å²) >= 11 is 0. The summed E-state index contributed by atoms with van der Waals surface area (Å²) in [6.45, 7) is 2.67. The summed E-state index contributed by atoms with van der Waals surface area (Å²) in [5.41, 5.74) is 6.17. The van der Waals surface area contributed by atoms with Crippen molar-refractivity contribution in [3.05, 3.63) is 0 Å². The van der Waals surface area contributed by atoms with E-state index in [1.54, 1.807) is 0 Å². The Kier molecular flexibility index (Phi) is 2.58. The molecule has 0 unspecified atom stereocenters. The fourth-order valence-electron chi connectivity index (χ4n) is 2.30. The maximum Gasteiger partial charge on any atom is 0.0480 e. The number of hydrogen-bond donors (Lipinski definition) is 1. The van der Waals surface area contributed by atoms with Crippen LogP contribution in [0.1, 0.15) is 25.7 Å². The van der Waals surface area contributed by atoms with Crippen molar-refractivity contribution in [3.8, 4) is 0 Å². The molecule has 0 spiro atoms. The molecule has 0 bridgehead atoms. The minimum Gasteiger partial charge on any atom is -0.381 e. The molecule has 0 aromatic heterocycles. The molecule has 2 N–H and O–H groups in total. The van der Waals surface area contributed by atoms with Gasteiger partial charge >= 0.3 is 0 Å². The second-order valence-corrected chi connectivity index (χ2v) is 4.38. The molecule has 1 saturated heterocycles. The van der Waals surface area contributed by atoms with E-state index in [-0.39, 0.29) is 0 Å². The lowest BCUT2D eigenvalue weighted by atomic mass is 10.0. The third-order valence-corrected chi connectivity index (χ3v) is 3.69. The normalized spacial score (nSPS) is 27.9. The van der Waals surface area contributed by atoms with Crippen LogP contribution in [0.2, 0.25) is 0 Å². The number of ether oxygens (including phenoxy) is 1. The first kappa shape index (κ1) is 9.44. The van der Waals surface area contributed by atoms with Crippen LogP contribution < -0.4 is 5.73 Å². The standard InChI is InChI=1S/C10H20N2O/c1-12(10(8-11)4-5-10)9-2-6-13-7-3-9/h9H,2-8,11H2,1H3. The average molecular weight is 184 g/mol. The van der Waals surface area contributed by atoms with Crippen LogP contribution in [-0.2, 0) is 4.74 Å². The molecule has 3 heteroatoms. The Morgan fingerprint density at radius 1 is 1.38 bits per heavy atom. The predicted octanol–water partition coefficient (Wildman–Crippen LogP) is 0.588. The van der Waals surface area contributed by atoms with E-state index < -0.39 is 0 Å². The Balaban J connectivity index is 1.91. The van der Waals surface area contributed by atoms with E-state index in [0.717, 1.165) is 19.8 Å². The Hall–Kier alpha value is -0.120. The largest absolute Gasteiger partial charge is 0.381 e. The molecule has 0 aromatic carbocycles. The highest BCUT2D eigenvalue weighted by Gasteiger charge is 2.47. The summed E-state index contributed by atoms with van der Waals surface area (Å²) in [5, 5.41) is 0. The van der Waals surface area contributed by atoms with Gasteiger partial charge in [0.15, 0.2) is 0 Å². The maximum atomic E-state index is 5.80. The van der Waals surface area contributed by atoms with Gasteiger partial charge in [0.05, 0.1) is 0 Å².